The summed E-state index contributed by atoms with van der Waals surface area (Å²) in [5.41, 5.74) is 7.27. The molecule has 2 atom stereocenters. The van der Waals surface area contributed by atoms with Gasteiger partial charge in [0.25, 0.3) is 5.91 Å². The minimum Gasteiger partial charge on any atom is -0.370 e. The van der Waals surface area contributed by atoms with Crippen LogP contribution in [-0.4, -0.2) is 35.8 Å². The van der Waals surface area contributed by atoms with Gasteiger partial charge in [-0.1, -0.05) is 61.4 Å². The summed E-state index contributed by atoms with van der Waals surface area (Å²) in [6.07, 6.45) is -4.70. The number of benzodiazepines with no additional fused rings is 1. The van der Waals surface area contributed by atoms with Gasteiger partial charge in [0.05, 0.1) is 16.8 Å². The maximum Gasteiger partial charge on any atom is 0.389 e. The van der Waals surface area contributed by atoms with E-state index in [0.29, 0.717) is 22.9 Å². The van der Waals surface area contributed by atoms with Crippen LogP contribution in [0.2, 0.25) is 0 Å². The molecule has 3 amide bonds. The number of para-hydroxylation sites is 1. The minimum absolute atomic E-state index is 0.0278. The largest absolute Gasteiger partial charge is 0.389 e. The van der Waals surface area contributed by atoms with Crippen molar-refractivity contribution in [2.24, 2.45) is 22.1 Å². The monoisotopic (exact) mass is 540 g/mol. The van der Waals surface area contributed by atoms with Crippen molar-refractivity contribution in [1.82, 2.24) is 5.32 Å². The molecule has 2 saturated carbocycles. The molecule has 0 radical (unpaired) electrons. The Hall–Kier alpha value is -3.69. The summed E-state index contributed by atoms with van der Waals surface area (Å²) >= 11 is 0. The molecule has 2 aliphatic carbocycles. The highest BCUT2D eigenvalue weighted by molar-refractivity contribution is 6.20. The van der Waals surface area contributed by atoms with E-state index in [9.17, 15) is 27.6 Å². The molecule has 2 aromatic carbocycles. The second-order valence-corrected chi connectivity index (χ2v) is 10.9. The van der Waals surface area contributed by atoms with E-state index < -0.39 is 54.7 Å². The van der Waals surface area contributed by atoms with Gasteiger partial charge in [0.2, 0.25) is 18.0 Å². The van der Waals surface area contributed by atoms with Crippen molar-refractivity contribution < 1.29 is 27.6 Å². The highest BCUT2D eigenvalue weighted by Gasteiger charge is 2.47. The number of aliphatic imine (C=N–C) groups is 1. The van der Waals surface area contributed by atoms with Gasteiger partial charge in [-0.3, -0.25) is 14.4 Å². The van der Waals surface area contributed by atoms with E-state index in [4.69, 9.17) is 5.73 Å². The van der Waals surface area contributed by atoms with E-state index in [1.54, 1.807) is 0 Å². The number of halogens is 3. The van der Waals surface area contributed by atoms with E-state index >= 15 is 0 Å². The Morgan fingerprint density at radius 2 is 1.72 bits per heavy atom. The summed E-state index contributed by atoms with van der Waals surface area (Å²) in [7, 11) is 0. The zero-order valence-corrected chi connectivity index (χ0v) is 21.4. The lowest BCUT2D eigenvalue weighted by molar-refractivity contribution is -0.152. The summed E-state index contributed by atoms with van der Waals surface area (Å²) in [6.45, 7) is 0. The van der Waals surface area contributed by atoms with Crippen LogP contribution < -0.4 is 16.4 Å². The van der Waals surface area contributed by atoms with Crippen LogP contribution in [0.5, 0.6) is 0 Å². The molecule has 0 saturated heterocycles. The van der Waals surface area contributed by atoms with Crippen LogP contribution in [0.15, 0.2) is 53.5 Å². The SMILES string of the molecule is NC(=O)CC(CCC(F)(F)F)(CC1CC1)C(=O)NC1N=C(c2ccccc2)c2cccc(C3CC3)c2NC1=O. The molecule has 1 aliphatic heterocycles. The van der Waals surface area contributed by atoms with Crippen molar-refractivity contribution in [1.29, 1.82) is 0 Å². The minimum atomic E-state index is -4.52. The van der Waals surface area contributed by atoms with Gasteiger partial charge in [-0.15, -0.1) is 0 Å². The Morgan fingerprint density at radius 3 is 2.33 bits per heavy atom. The fraction of sp³-hybridized carbons (Fsp3) is 0.448. The van der Waals surface area contributed by atoms with Crippen molar-refractivity contribution in [2.75, 3.05) is 5.32 Å². The fourth-order valence-electron chi connectivity index (χ4n) is 5.43. The van der Waals surface area contributed by atoms with E-state index in [2.05, 4.69) is 15.6 Å². The first-order valence-electron chi connectivity index (χ1n) is 13.3. The predicted molar refractivity (Wildman–Crippen MR) is 140 cm³/mol. The summed E-state index contributed by atoms with van der Waals surface area (Å²) in [6, 6.07) is 14.9. The van der Waals surface area contributed by atoms with Gasteiger partial charge < -0.3 is 16.4 Å². The number of nitrogens with two attached hydrogens (primary N) is 1. The Bertz CT molecular complexity index is 1300. The number of fused-ring (bicyclic) bond motifs is 1. The third kappa shape index (κ3) is 6.32. The van der Waals surface area contributed by atoms with Crippen molar-refractivity contribution in [3.63, 3.8) is 0 Å². The van der Waals surface area contributed by atoms with Crippen LogP contribution in [0.3, 0.4) is 0 Å². The molecule has 39 heavy (non-hydrogen) atoms. The van der Waals surface area contributed by atoms with Gasteiger partial charge in [-0.05, 0) is 43.1 Å². The fourth-order valence-corrected chi connectivity index (χ4v) is 5.43. The molecular formula is C29H31F3N4O3. The van der Waals surface area contributed by atoms with E-state index in [0.717, 1.165) is 36.8 Å². The van der Waals surface area contributed by atoms with Crippen LogP contribution in [-0.2, 0) is 14.4 Å². The Balaban J connectivity index is 1.52. The smallest absolute Gasteiger partial charge is 0.370 e. The molecule has 2 unspecified atom stereocenters. The standard InChI is InChI=1S/C29H31F3N4O3/c30-29(31,32)14-13-28(16-22(33)37,15-17-9-10-17)27(39)36-25-26(38)35-24-20(18-11-12-18)7-4-8-21(24)23(34-25)19-5-2-1-3-6-19/h1-8,17-18,25H,9-16H2,(H2,33,37)(H,35,38)(H,36,39). The third-order valence-corrected chi connectivity index (χ3v) is 7.70. The molecule has 7 nitrogen and oxygen atoms in total. The third-order valence-electron chi connectivity index (χ3n) is 7.70. The van der Waals surface area contributed by atoms with E-state index in [1.165, 1.54) is 0 Å². The molecule has 5 rings (SSSR count). The second kappa shape index (κ2) is 10.5. The number of hydrogen-bond donors (Lipinski definition) is 3. The number of amides is 3. The number of alkyl halides is 3. The normalized spacial score (nSPS) is 20.6. The Labute approximate surface area is 224 Å². The molecule has 1 heterocycles. The van der Waals surface area contributed by atoms with Crippen LogP contribution in [0.1, 0.15) is 74.0 Å². The molecule has 0 bridgehead atoms. The number of primary amides is 1. The summed E-state index contributed by atoms with van der Waals surface area (Å²) in [4.78, 5) is 43.9. The van der Waals surface area contributed by atoms with Crippen molar-refractivity contribution in [2.45, 2.75) is 69.6 Å². The highest BCUT2D eigenvalue weighted by Crippen LogP contribution is 2.47. The number of carbonyl (C=O) groups is 3. The van der Waals surface area contributed by atoms with Crippen LogP contribution in [0.4, 0.5) is 18.9 Å². The van der Waals surface area contributed by atoms with E-state index in [-0.39, 0.29) is 12.3 Å². The number of nitrogens with zero attached hydrogens (tertiary/aromatic N) is 1. The van der Waals surface area contributed by atoms with Crippen LogP contribution >= 0.6 is 0 Å². The molecule has 2 aromatic rings. The Kier molecular flexibility index (Phi) is 7.22. The van der Waals surface area contributed by atoms with E-state index in [1.807, 2.05) is 48.5 Å². The average Bonchev–Trinajstić information content (AvgIpc) is 3.79. The summed E-state index contributed by atoms with van der Waals surface area (Å²) < 4.78 is 39.8. The maximum atomic E-state index is 13.8. The maximum absolute atomic E-state index is 13.8. The summed E-state index contributed by atoms with van der Waals surface area (Å²) in [5.74, 6) is -1.94. The van der Waals surface area contributed by atoms with Crippen molar-refractivity contribution in [3.05, 3.63) is 65.2 Å². The molecule has 10 heteroatoms. The quantitative estimate of drug-likeness (QED) is 0.402. The number of anilines is 1. The first kappa shape index (κ1) is 26.9. The zero-order chi connectivity index (χ0) is 27.8. The first-order valence-corrected chi connectivity index (χ1v) is 13.3. The van der Waals surface area contributed by atoms with Gasteiger partial charge in [-0.25, -0.2) is 4.99 Å². The molecule has 0 aromatic heterocycles. The van der Waals surface area contributed by atoms with Gasteiger partial charge >= 0.3 is 6.18 Å². The number of hydrogen-bond acceptors (Lipinski definition) is 4. The first-order chi connectivity index (χ1) is 18.5. The van der Waals surface area contributed by atoms with Gasteiger partial charge in [0.15, 0.2) is 0 Å². The average molecular weight is 541 g/mol. The zero-order valence-electron chi connectivity index (χ0n) is 21.4. The van der Waals surface area contributed by atoms with Crippen molar-refractivity contribution >= 4 is 29.1 Å². The van der Waals surface area contributed by atoms with Crippen LogP contribution in [0.25, 0.3) is 0 Å². The topological polar surface area (TPSA) is 114 Å². The molecule has 0 spiro atoms. The Morgan fingerprint density at radius 1 is 1.00 bits per heavy atom. The lowest BCUT2D eigenvalue weighted by Crippen LogP contribution is -2.51. The molecule has 2 fully saturated rings. The van der Waals surface area contributed by atoms with Crippen LogP contribution in [0, 0.1) is 11.3 Å². The highest BCUT2D eigenvalue weighted by atomic mass is 19.4. The number of benzene rings is 2. The second-order valence-electron chi connectivity index (χ2n) is 10.9. The summed E-state index contributed by atoms with van der Waals surface area (Å²) in [5, 5.41) is 5.54. The molecule has 3 aliphatic rings. The number of carbonyl (C=O) groups excluding carboxylic acids is 3. The van der Waals surface area contributed by atoms with Crippen molar-refractivity contribution in [3.8, 4) is 0 Å². The van der Waals surface area contributed by atoms with Gasteiger partial charge in [0.1, 0.15) is 0 Å². The lowest BCUT2D eigenvalue weighted by atomic mass is 9.74. The predicted octanol–water partition coefficient (Wildman–Crippen LogP) is 4.80. The molecule has 4 N–H and O–H groups in total. The van der Waals surface area contributed by atoms with Gasteiger partial charge in [-0.2, -0.15) is 13.2 Å². The number of nitrogens with one attached hydrogen (secondary N) is 2. The number of rotatable bonds is 10. The molecule has 206 valence electrons. The lowest BCUT2D eigenvalue weighted by Gasteiger charge is -2.33. The van der Waals surface area contributed by atoms with Gasteiger partial charge in [0, 0.05) is 24.0 Å². The molecular weight excluding hydrogens is 509 g/mol.